The number of hydrogen-bond acceptors (Lipinski definition) is 8. The van der Waals surface area contributed by atoms with Crippen LogP contribution in [0.1, 0.15) is 6.42 Å². The summed E-state index contributed by atoms with van der Waals surface area (Å²) < 4.78 is 0. The zero-order valence-electron chi connectivity index (χ0n) is 15.2. The lowest BCUT2D eigenvalue weighted by molar-refractivity contribution is -0.129. The number of carbonyl (C=O) groups excluding carboxylic acids is 2. The number of rotatable bonds is 18. The highest BCUT2D eigenvalue weighted by atomic mass is 16.2. The van der Waals surface area contributed by atoms with Crippen molar-refractivity contribution in [3.05, 3.63) is 0 Å². The molecule has 148 valence electrons. The molecule has 0 spiro atoms. The van der Waals surface area contributed by atoms with Crippen molar-refractivity contribution in [1.29, 1.82) is 0 Å². The van der Waals surface area contributed by atoms with Crippen molar-refractivity contribution in [2.24, 2.45) is 11.5 Å². The minimum atomic E-state index is -0.264. The van der Waals surface area contributed by atoms with Gasteiger partial charge in [-0.1, -0.05) is 0 Å². The van der Waals surface area contributed by atoms with Gasteiger partial charge in [-0.05, 0) is 0 Å². The molecule has 0 fully saturated rings. The average molecular weight is 361 g/mol. The van der Waals surface area contributed by atoms with E-state index in [1.807, 2.05) is 0 Å². The monoisotopic (exact) mass is 360 g/mol. The molecule has 0 aliphatic rings. The summed E-state index contributed by atoms with van der Waals surface area (Å²) >= 11 is 0. The third-order valence-electron chi connectivity index (χ3n) is 3.17. The zero-order chi connectivity index (χ0) is 18.6. The van der Waals surface area contributed by atoms with Gasteiger partial charge in [-0.2, -0.15) is 0 Å². The molecule has 0 aliphatic heterocycles. The van der Waals surface area contributed by atoms with Crippen molar-refractivity contribution in [2.75, 3.05) is 78.5 Å². The lowest BCUT2D eigenvalue weighted by atomic mass is 10.3. The summed E-state index contributed by atoms with van der Waals surface area (Å²) in [6.45, 7) is 8.48. The molecule has 0 bridgehead atoms. The topological polar surface area (TPSA) is 158 Å². The highest BCUT2D eigenvalue weighted by Gasteiger charge is 2.07. The Morgan fingerprint density at radius 1 is 0.520 bits per heavy atom. The van der Waals surface area contributed by atoms with Crippen molar-refractivity contribution in [1.82, 2.24) is 31.9 Å². The van der Waals surface area contributed by atoms with E-state index in [1.54, 1.807) is 0 Å². The van der Waals surface area contributed by atoms with Gasteiger partial charge >= 0.3 is 0 Å². The summed E-state index contributed by atoms with van der Waals surface area (Å²) in [5, 5.41) is 18.1. The molecule has 2 amide bonds. The predicted octanol–water partition coefficient (Wildman–Crippen LogP) is -4.12. The van der Waals surface area contributed by atoms with Crippen molar-refractivity contribution in [3.8, 4) is 0 Å². The van der Waals surface area contributed by atoms with E-state index in [0.29, 0.717) is 39.3 Å². The molecule has 0 aromatic rings. The van der Waals surface area contributed by atoms with Crippen LogP contribution < -0.4 is 43.4 Å². The summed E-state index contributed by atoms with van der Waals surface area (Å²) in [7, 11) is 0. The molecule has 0 aromatic carbocycles. The average Bonchev–Trinajstić information content (AvgIpc) is 2.59. The Kier molecular flexibility index (Phi) is 18.0. The highest BCUT2D eigenvalue weighted by molar-refractivity contribution is 5.96. The Morgan fingerprint density at radius 2 is 0.840 bits per heavy atom. The Labute approximate surface area is 150 Å². The molecule has 10 N–H and O–H groups in total. The first-order chi connectivity index (χ1) is 12.2. The minimum Gasteiger partial charge on any atom is -0.354 e. The van der Waals surface area contributed by atoms with Gasteiger partial charge in [0.1, 0.15) is 6.42 Å². The van der Waals surface area contributed by atoms with Crippen LogP contribution in [0.15, 0.2) is 0 Å². The standard InChI is InChI=1S/C15H36N8O2/c16-1-3-18-5-7-20-9-11-22-14(24)13-15(25)23-12-10-21-8-6-19-4-2-17/h18-21H,1-13,16-17H2,(H,22,24)(H,23,25). The van der Waals surface area contributed by atoms with Gasteiger partial charge in [0, 0.05) is 78.5 Å². The van der Waals surface area contributed by atoms with Gasteiger partial charge in [0.05, 0.1) is 0 Å². The van der Waals surface area contributed by atoms with E-state index >= 15 is 0 Å². The summed E-state index contributed by atoms with van der Waals surface area (Å²) in [4.78, 5) is 23.2. The van der Waals surface area contributed by atoms with Crippen LogP contribution in [0.2, 0.25) is 0 Å². The Balaban J connectivity index is 3.34. The van der Waals surface area contributed by atoms with E-state index in [-0.39, 0.29) is 18.2 Å². The maximum Gasteiger partial charge on any atom is 0.229 e. The first kappa shape index (κ1) is 23.7. The Hall–Kier alpha value is -1.30. The predicted molar refractivity (Wildman–Crippen MR) is 100 cm³/mol. The molecule has 0 heterocycles. The van der Waals surface area contributed by atoms with E-state index in [4.69, 9.17) is 11.5 Å². The fourth-order valence-electron chi connectivity index (χ4n) is 1.91. The van der Waals surface area contributed by atoms with Crippen LogP contribution in [-0.2, 0) is 9.59 Å². The maximum absolute atomic E-state index is 11.6. The second-order valence-electron chi connectivity index (χ2n) is 5.45. The molecule has 0 aliphatic carbocycles. The number of nitrogens with two attached hydrogens (primary N) is 2. The fraction of sp³-hybridized carbons (Fsp3) is 0.867. The van der Waals surface area contributed by atoms with Gasteiger partial charge in [0.2, 0.25) is 11.8 Å². The molecule has 0 radical (unpaired) electrons. The van der Waals surface area contributed by atoms with Crippen molar-refractivity contribution < 1.29 is 9.59 Å². The first-order valence-corrected chi connectivity index (χ1v) is 8.97. The molecule has 10 nitrogen and oxygen atoms in total. The van der Waals surface area contributed by atoms with Crippen LogP contribution in [0, 0.1) is 0 Å². The fourth-order valence-corrected chi connectivity index (χ4v) is 1.91. The highest BCUT2D eigenvalue weighted by Crippen LogP contribution is 1.79. The maximum atomic E-state index is 11.6. The SMILES string of the molecule is NCCNCCNCCNC(=O)CC(=O)NCCNCCNCCN. The molecule has 0 saturated carbocycles. The Morgan fingerprint density at radius 3 is 1.20 bits per heavy atom. The summed E-state index contributed by atoms with van der Waals surface area (Å²) in [5.41, 5.74) is 10.7. The van der Waals surface area contributed by atoms with E-state index in [9.17, 15) is 9.59 Å². The molecular weight excluding hydrogens is 324 g/mol. The number of carbonyl (C=O) groups is 2. The van der Waals surface area contributed by atoms with Gasteiger partial charge < -0.3 is 43.4 Å². The van der Waals surface area contributed by atoms with Gasteiger partial charge in [-0.3, -0.25) is 9.59 Å². The van der Waals surface area contributed by atoms with Crippen molar-refractivity contribution in [3.63, 3.8) is 0 Å². The summed E-state index contributed by atoms with van der Waals surface area (Å²) in [6.07, 6.45) is -0.143. The molecule has 0 rings (SSSR count). The van der Waals surface area contributed by atoms with Crippen LogP contribution >= 0.6 is 0 Å². The third-order valence-corrected chi connectivity index (χ3v) is 3.17. The lowest BCUT2D eigenvalue weighted by Gasteiger charge is -2.09. The number of amides is 2. The molecule has 0 saturated heterocycles. The smallest absolute Gasteiger partial charge is 0.229 e. The largest absolute Gasteiger partial charge is 0.354 e. The second kappa shape index (κ2) is 19.0. The van der Waals surface area contributed by atoms with Crippen LogP contribution in [0.4, 0.5) is 0 Å². The van der Waals surface area contributed by atoms with Crippen LogP contribution in [0.5, 0.6) is 0 Å². The van der Waals surface area contributed by atoms with E-state index < -0.39 is 0 Å². The summed E-state index contributed by atoms with van der Waals surface area (Å²) in [5.74, 6) is -0.529. The number of nitrogens with one attached hydrogen (secondary N) is 6. The molecular formula is C15H36N8O2. The Bertz CT molecular complexity index is 301. The molecule has 0 atom stereocenters. The van der Waals surface area contributed by atoms with Gasteiger partial charge in [-0.15, -0.1) is 0 Å². The molecule has 0 aromatic heterocycles. The second-order valence-corrected chi connectivity index (χ2v) is 5.45. The van der Waals surface area contributed by atoms with Crippen molar-refractivity contribution >= 4 is 11.8 Å². The quantitative estimate of drug-likeness (QED) is 0.0904. The van der Waals surface area contributed by atoms with Crippen LogP contribution in [-0.4, -0.2) is 90.4 Å². The van der Waals surface area contributed by atoms with Crippen LogP contribution in [0.25, 0.3) is 0 Å². The first-order valence-electron chi connectivity index (χ1n) is 8.97. The van der Waals surface area contributed by atoms with Gasteiger partial charge in [-0.25, -0.2) is 0 Å². The molecule has 0 unspecified atom stereocenters. The number of hydrogen-bond donors (Lipinski definition) is 8. The molecule has 10 heteroatoms. The third kappa shape index (κ3) is 18.9. The minimum absolute atomic E-state index is 0.143. The zero-order valence-corrected chi connectivity index (χ0v) is 15.2. The van der Waals surface area contributed by atoms with E-state index in [1.165, 1.54) is 0 Å². The summed E-state index contributed by atoms with van der Waals surface area (Å²) in [6, 6.07) is 0. The van der Waals surface area contributed by atoms with Crippen molar-refractivity contribution in [2.45, 2.75) is 6.42 Å². The van der Waals surface area contributed by atoms with E-state index in [0.717, 1.165) is 39.3 Å². The molecule has 25 heavy (non-hydrogen) atoms. The van der Waals surface area contributed by atoms with Crippen LogP contribution in [0.3, 0.4) is 0 Å². The van der Waals surface area contributed by atoms with Gasteiger partial charge in [0.15, 0.2) is 0 Å². The van der Waals surface area contributed by atoms with Gasteiger partial charge in [0.25, 0.3) is 0 Å². The lowest BCUT2D eigenvalue weighted by Crippen LogP contribution is -2.39. The van der Waals surface area contributed by atoms with E-state index in [2.05, 4.69) is 31.9 Å². The normalized spacial score (nSPS) is 10.6.